The second-order valence-corrected chi connectivity index (χ2v) is 5.72. The van der Waals surface area contributed by atoms with Gasteiger partial charge in [-0.1, -0.05) is 12.2 Å². The maximum Gasteiger partial charge on any atom is 0.417 e. The highest BCUT2D eigenvalue weighted by molar-refractivity contribution is 7.80. The molecule has 0 aliphatic heterocycles. The van der Waals surface area contributed by atoms with Gasteiger partial charge in [0.25, 0.3) is 0 Å². The third kappa shape index (κ3) is 3.70. The Morgan fingerprint density at radius 1 is 1.43 bits per heavy atom. The largest absolute Gasteiger partial charge is 0.417 e. The first-order valence-electron chi connectivity index (χ1n) is 5.93. The SMILES string of the molecule is Cc1ncsc1CNc1ccc(C(F)(F)F)c(C(N)=S)c1. The highest BCUT2D eigenvalue weighted by atomic mass is 32.1. The molecule has 21 heavy (non-hydrogen) atoms. The van der Waals surface area contributed by atoms with Gasteiger partial charge in [0.2, 0.25) is 0 Å². The van der Waals surface area contributed by atoms with Gasteiger partial charge in [-0.2, -0.15) is 13.2 Å². The highest BCUT2D eigenvalue weighted by Crippen LogP contribution is 2.33. The summed E-state index contributed by atoms with van der Waals surface area (Å²) >= 11 is 6.19. The van der Waals surface area contributed by atoms with Gasteiger partial charge in [0, 0.05) is 16.1 Å². The van der Waals surface area contributed by atoms with Gasteiger partial charge in [-0.3, -0.25) is 0 Å². The van der Waals surface area contributed by atoms with Gasteiger partial charge in [-0.15, -0.1) is 11.3 Å². The number of benzene rings is 1. The number of halogens is 3. The number of aryl methyl sites for hydroxylation is 1. The molecule has 0 aliphatic rings. The monoisotopic (exact) mass is 331 g/mol. The van der Waals surface area contributed by atoms with Crippen LogP contribution in [-0.4, -0.2) is 9.97 Å². The number of nitrogens with two attached hydrogens (primary N) is 1. The Hall–Kier alpha value is -1.67. The number of alkyl halides is 3. The van der Waals surface area contributed by atoms with Crippen molar-refractivity contribution in [2.45, 2.75) is 19.6 Å². The van der Waals surface area contributed by atoms with Crippen LogP contribution in [0.2, 0.25) is 0 Å². The minimum Gasteiger partial charge on any atom is -0.389 e. The zero-order chi connectivity index (χ0) is 15.6. The quantitative estimate of drug-likeness (QED) is 0.839. The number of rotatable bonds is 4. The molecular weight excluding hydrogens is 319 g/mol. The van der Waals surface area contributed by atoms with Crippen molar-refractivity contribution in [3.63, 3.8) is 0 Å². The van der Waals surface area contributed by atoms with E-state index in [1.807, 2.05) is 6.92 Å². The van der Waals surface area contributed by atoms with E-state index in [9.17, 15) is 13.2 Å². The molecule has 0 bridgehead atoms. The first kappa shape index (κ1) is 15.7. The minimum absolute atomic E-state index is 0.177. The predicted octanol–water partition coefficient (Wildman–Crippen LogP) is 3.72. The van der Waals surface area contributed by atoms with E-state index in [0.29, 0.717) is 12.2 Å². The van der Waals surface area contributed by atoms with E-state index in [2.05, 4.69) is 10.3 Å². The molecule has 0 saturated heterocycles. The van der Waals surface area contributed by atoms with Crippen LogP contribution in [0, 0.1) is 6.92 Å². The van der Waals surface area contributed by atoms with Crippen molar-refractivity contribution in [1.82, 2.24) is 4.98 Å². The van der Waals surface area contributed by atoms with Crippen molar-refractivity contribution in [3.05, 3.63) is 45.4 Å². The Morgan fingerprint density at radius 3 is 2.67 bits per heavy atom. The average molecular weight is 331 g/mol. The van der Waals surface area contributed by atoms with Gasteiger partial charge in [-0.25, -0.2) is 4.98 Å². The standard InChI is InChI=1S/C13H12F3N3S2/c1-7-11(21-6-19-7)5-18-8-2-3-10(13(14,15)16)9(4-8)12(17)20/h2-4,6,18H,5H2,1H3,(H2,17,20). The van der Waals surface area contributed by atoms with E-state index in [1.165, 1.54) is 23.5 Å². The Bertz CT molecular complexity index is 665. The van der Waals surface area contributed by atoms with E-state index >= 15 is 0 Å². The van der Waals surface area contributed by atoms with Crippen LogP contribution >= 0.6 is 23.6 Å². The molecule has 0 saturated carbocycles. The third-order valence-electron chi connectivity index (χ3n) is 2.89. The van der Waals surface area contributed by atoms with E-state index in [4.69, 9.17) is 18.0 Å². The number of hydrogen-bond acceptors (Lipinski definition) is 4. The molecular formula is C13H12F3N3S2. The summed E-state index contributed by atoms with van der Waals surface area (Å²) in [5.74, 6) is 0. The maximum absolute atomic E-state index is 12.9. The van der Waals surface area contributed by atoms with Crippen molar-refractivity contribution in [3.8, 4) is 0 Å². The summed E-state index contributed by atoms with van der Waals surface area (Å²) < 4.78 is 38.6. The Kier molecular flexibility index (Phi) is 4.48. The number of aromatic nitrogens is 1. The van der Waals surface area contributed by atoms with Gasteiger partial charge in [-0.05, 0) is 25.1 Å². The molecule has 1 heterocycles. The Morgan fingerprint density at radius 2 is 2.14 bits per heavy atom. The topological polar surface area (TPSA) is 50.9 Å². The van der Waals surface area contributed by atoms with Crippen LogP contribution in [0.15, 0.2) is 23.7 Å². The Labute approximate surface area is 129 Å². The van der Waals surface area contributed by atoms with Crippen LogP contribution in [0.25, 0.3) is 0 Å². The molecule has 0 atom stereocenters. The number of hydrogen-bond donors (Lipinski definition) is 2. The molecule has 112 valence electrons. The molecule has 1 aromatic carbocycles. The molecule has 8 heteroatoms. The summed E-state index contributed by atoms with van der Waals surface area (Å²) in [5.41, 5.74) is 7.53. The highest BCUT2D eigenvalue weighted by Gasteiger charge is 2.34. The van der Waals surface area contributed by atoms with Crippen LogP contribution in [0.1, 0.15) is 21.7 Å². The molecule has 3 nitrogen and oxygen atoms in total. The van der Waals surface area contributed by atoms with Gasteiger partial charge >= 0.3 is 6.18 Å². The van der Waals surface area contributed by atoms with Crippen molar-refractivity contribution < 1.29 is 13.2 Å². The molecule has 0 amide bonds. The normalized spacial score (nSPS) is 11.4. The lowest BCUT2D eigenvalue weighted by Gasteiger charge is -2.14. The fourth-order valence-corrected chi connectivity index (χ4v) is 2.67. The summed E-state index contributed by atoms with van der Waals surface area (Å²) in [6.07, 6.45) is -4.48. The van der Waals surface area contributed by atoms with Crippen molar-refractivity contribution >= 4 is 34.2 Å². The zero-order valence-electron chi connectivity index (χ0n) is 11.0. The first-order valence-corrected chi connectivity index (χ1v) is 7.21. The molecule has 1 aromatic heterocycles. The van der Waals surface area contributed by atoms with Gasteiger partial charge in [0.05, 0.1) is 23.3 Å². The number of thiocarbonyl (C=S) groups is 1. The molecule has 0 fully saturated rings. The fraction of sp³-hybridized carbons (Fsp3) is 0.231. The van der Waals surface area contributed by atoms with Crippen molar-refractivity contribution in [2.24, 2.45) is 5.73 Å². The number of nitrogens with one attached hydrogen (secondary N) is 1. The van der Waals surface area contributed by atoms with Crippen LogP contribution in [0.3, 0.4) is 0 Å². The van der Waals surface area contributed by atoms with Crippen LogP contribution in [0.4, 0.5) is 18.9 Å². The minimum atomic E-state index is -4.48. The molecule has 3 N–H and O–H groups in total. The first-order chi connectivity index (χ1) is 9.79. The summed E-state index contributed by atoms with van der Waals surface area (Å²) in [4.78, 5) is 4.85. The molecule has 0 aliphatic carbocycles. The molecule has 2 aromatic rings. The second kappa shape index (κ2) is 5.98. The number of thiazole rings is 1. The number of nitrogens with zero attached hydrogens (tertiary/aromatic N) is 1. The zero-order valence-corrected chi connectivity index (χ0v) is 12.6. The van der Waals surface area contributed by atoms with Gasteiger partial charge < -0.3 is 11.1 Å². The summed E-state index contributed by atoms with van der Waals surface area (Å²) in [6, 6.07) is 3.67. The van der Waals surface area contributed by atoms with Gasteiger partial charge in [0.15, 0.2) is 0 Å². The molecule has 0 spiro atoms. The van der Waals surface area contributed by atoms with Crippen LogP contribution < -0.4 is 11.1 Å². The van der Waals surface area contributed by atoms with E-state index in [-0.39, 0.29) is 10.6 Å². The molecule has 0 radical (unpaired) electrons. The number of anilines is 1. The summed E-state index contributed by atoms with van der Waals surface area (Å²) in [7, 11) is 0. The van der Waals surface area contributed by atoms with E-state index in [0.717, 1.165) is 16.6 Å². The smallest absolute Gasteiger partial charge is 0.389 e. The van der Waals surface area contributed by atoms with Crippen molar-refractivity contribution in [1.29, 1.82) is 0 Å². The fourth-order valence-electron chi connectivity index (χ4n) is 1.78. The molecule has 0 unspecified atom stereocenters. The lowest BCUT2D eigenvalue weighted by molar-refractivity contribution is -0.137. The predicted molar refractivity (Wildman–Crippen MR) is 81.5 cm³/mol. The average Bonchev–Trinajstić information content (AvgIpc) is 2.80. The van der Waals surface area contributed by atoms with Crippen molar-refractivity contribution in [2.75, 3.05) is 5.32 Å². The Balaban J connectivity index is 2.24. The maximum atomic E-state index is 12.9. The summed E-state index contributed by atoms with van der Waals surface area (Å²) in [6.45, 7) is 2.36. The van der Waals surface area contributed by atoms with E-state index < -0.39 is 11.7 Å². The van der Waals surface area contributed by atoms with E-state index in [1.54, 1.807) is 5.51 Å². The van der Waals surface area contributed by atoms with Gasteiger partial charge in [0.1, 0.15) is 4.99 Å². The van der Waals surface area contributed by atoms with Crippen LogP contribution in [0.5, 0.6) is 0 Å². The lowest BCUT2D eigenvalue weighted by Crippen LogP contribution is -2.18. The molecule has 2 rings (SSSR count). The summed E-state index contributed by atoms with van der Waals surface area (Å²) in [5, 5.41) is 3.05. The van der Waals surface area contributed by atoms with Crippen LogP contribution in [-0.2, 0) is 12.7 Å². The third-order valence-corrected chi connectivity index (χ3v) is 4.04. The second-order valence-electron chi connectivity index (χ2n) is 4.34. The lowest BCUT2D eigenvalue weighted by atomic mass is 10.1.